The van der Waals surface area contributed by atoms with Gasteiger partial charge in [-0.15, -0.1) is 5.73 Å². The summed E-state index contributed by atoms with van der Waals surface area (Å²) in [4.78, 5) is 0. The lowest BCUT2D eigenvalue weighted by molar-refractivity contribution is 0.844. The standard InChI is InChI=1S/C16H14/c1-3-5-11-7-13-12(6-10(11)4-2)14-8-16(14)9-15(13)16/h4-7,14-15H,1-2,8-9H2. The first-order valence-corrected chi connectivity index (χ1v) is 5.96. The highest BCUT2D eigenvalue weighted by atomic mass is 14.8. The van der Waals surface area contributed by atoms with E-state index in [-0.39, 0.29) is 0 Å². The maximum Gasteiger partial charge on any atom is -0.00903 e. The molecule has 3 aliphatic carbocycles. The van der Waals surface area contributed by atoms with Gasteiger partial charge in [-0.2, -0.15) is 0 Å². The zero-order chi connectivity index (χ0) is 10.9. The van der Waals surface area contributed by atoms with Gasteiger partial charge in [0.15, 0.2) is 0 Å². The van der Waals surface area contributed by atoms with E-state index in [1.165, 1.54) is 24.0 Å². The van der Waals surface area contributed by atoms with E-state index < -0.39 is 0 Å². The largest absolute Gasteiger partial charge is 0.128 e. The molecule has 0 amide bonds. The van der Waals surface area contributed by atoms with E-state index in [1.54, 1.807) is 11.1 Å². The van der Waals surface area contributed by atoms with Gasteiger partial charge in [-0.3, -0.25) is 0 Å². The van der Waals surface area contributed by atoms with Crippen molar-refractivity contribution in [3.05, 3.63) is 53.3 Å². The quantitative estimate of drug-likeness (QED) is 0.639. The fourth-order valence-corrected chi connectivity index (χ4v) is 3.78. The van der Waals surface area contributed by atoms with Crippen LogP contribution >= 0.6 is 0 Å². The summed E-state index contributed by atoms with van der Waals surface area (Å²) in [5.74, 6) is 1.76. The van der Waals surface area contributed by atoms with Crippen LogP contribution < -0.4 is 0 Å². The van der Waals surface area contributed by atoms with Crippen molar-refractivity contribution in [1.29, 1.82) is 0 Å². The summed E-state index contributed by atoms with van der Waals surface area (Å²) in [6.45, 7) is 7.56. The first-order chi connectivity index (χ1) is 7.80. The highest BCUT2D eigenvalue weighted by Gasteiger charge is 2.75. The maximum atomic E-state index is 3.90. The van der Waals surface area contributed by atoms with E-state index in [9.17, 15) is 0 Å². The third kappa shape index (κ3) is 0.795. The van der Waals surface area contributed by atoms with Gasteiger partial charge >= 0.3 is 0 Å². The summed E-state index contributed by atoms with van der Waals surface area (Å²) in [6, 6.07) is 4.69. The van der Waals surface area contributed by atoms with Crippen molar-refractivity contribution in [2.24, 2.45) is 5.41 Å². The van der Waals surface area contributed by atoms with Crippen LogP contribution in [0, 0.1) is 5.41 Å². The number of rotatable bonds is 2. The van der Waals surface area contributed by atoms with Crippen LogP contribution in [0.3, 0.4) is 0 Å². The van der Waals surface area contributed by atoms with Crippen LogP contribution in [-0.4, -0.2) is 0 Å². The summed E-state index contributed by atoms with van der Waals surface area (Å²) >= 11 is 0. The molecule has 0 N–H and O–H groups in total. The third-order valence-corrected chi connectivity index (χ3v) is 4.75. The van der Waals surface area contributed by atoms with E-state index in [1.807, 2.05) is 12.2 Å². The Morgan fingerprint density at radius 1 is 1.19 bits per heavy atom. The molecule has 0 aliphatic heterocycles. The maximum absolute atomic E-state index is 3.90. The Morgan fingerprint density at radius 3 is 2.38 bits per heavy atom. The van der Waals surface area contributed by atoms with Crippen LogP contribution in [0.4, 0.5) is 0 Å². The predicted molar refractivity (Wildman–Crippen MR) is 67.3 cm³/mol. The van der Waals surface area contributed by atoms with Crippen LogP contribution in [0.2, 0.25) is 0 Å². The number of fused-ring (bicyclic) bond motifs is 3. The molecule has 0 radical (unpaired) electrons. The second-order valence-electron chi connectivity index (χ2n) is 5.41. The molecule has 0 heteroatoms. The molecule has 1 aromatic rings. The minimum atomic E-state index is 0.733. The molecule has 1 spiro atoms. The van der Waals surface area contributed by atoms with E-state index in [4.69, 9.17) is 0 Å². The second-order valence-corrected chi connectivity index (χ2v) is 5.41. The highest BCUT2D eigenvalue weighted by molar-refractivity contribution is 5.70. The zero-order valence-electron chi connectivity index (χ0n) is 9.29. The van der Waals surface area contributed by atoms with Gasteiger partial charge < -0.3 is 0 Å². The molecular weight excluding hydrogens is 192 g/mol. The SMILES string of the molecule is C=C=Cc1cc2c(cc1C=C)C1CC13CC23. The summed E-state index contributed by atoms with van der Waals surface area (Å²) in [6.07, 6.45) is 6.80. The molecule has 4 rings (SSSR count). The molecule has 0 bridgehead atoms. The molecule has 0 aromatic heterocycles. The predicted octanol–water partition coefficient (Wildman–Crippen LogP) is 4.10. The second kappa shape index (κ2) is 2.42. The molecule has 3 atom stereocenters. The van der Waals surface area contributed by atoms with E-state index in [0.29, 0.717) is 0 Å². The minimum absolute atomic E-state index is 0.733. The van der Waals surface area contributed by atoms with Gasteiger partial charge in [0.25, 0.3) is 0 Å². The molecule has 0 saturated heterocycles. The van der Waals surface area contributed by atoms with Gasteiger partial charge in [-0.05, 0) is 64.5 Å². The Morgan fingerprint density at radius 2 is 1.81 bits per heavy atom. The van der Waals surface area contributed by atoms with Crippen molar-refractivity contribution in [3.63, 3.8) is 0 Å². The van der Waals surface area contributed by atoms with Crippen molar-refractivity contribution in [1.82, 2.24) is 0 Å². The van der Waals surface area contributed by atoms with Crippen molar-refractivity contribution < 1.29 is 0 Å². The number of hydrogen-bond acceptors (Lipinski definition) is 0. The normalized spacial score (nSPS) is 35.5. The molecular formula is C16H14. The van der Waals surface area contributed by atoms with Gasteiger partial charge in [0.1, 0.15) is 0 Å². The average molecular weight is 206 g/mol. The number of benzene rings is 1. The third-order valence-electron chi connectivity index (χ3n) is 4.75. The van der Waals surface area contributed by atoms with Crippen LogP contribution in [0.5, 0.6) is 0 Å². The first-order valence-electron chi connectivity index (χ1n) is 5.96. The topological polar surface area (TPSA) is 0 Å². The van der Waals surface area contributed by atoms with E-state index in [0.717, 1.165) is 17.3 Å². The molecule has 0 nitrogen and oxygen atoms in total. The average Bonchev–Trinajstić information content (AvgIpc) is 3.17. The van der Waals surface area contributed by atoms with E-state index in [2.05, 4.69) is 31.0 Å². The Kier molecular flexibility index (Phi) is 1.30. The summed E-state index contributed by atoms with van der Waals surface area (Å²) in [7, 11) is 0. The van der Waals surface area contributed by atoms with Crippen molar-refractivity contribution in [2.45, 2.75) is 24.7 Å². The lowest BCUT2D eigenvalue weighted by Crippen LogP contribution is -1.91. The summed E-state index contributed by atoms with van der Waals surface area (Å²) in [5.41, 5.74) is 9.28. The molecule has 16 heavy (non-hydrogen) atoms. The smallest absolute Gasteiger partial charge is 0.00903 e. The number of hydrogen-bond donors (Lipinski definition) is 0. The van der Waals surface area contributed by atoms with Crippen LogP contribution in [0.1, 0.15) is 46.9 Å². The van der Waals surface area contributed by atoms with Gasteiger partial charge in [0.2, 0.25) is 0 Å². The Hall–Kier alpha value is -1.52. The van der Waals surface area contributed by atoms with Crippen LogP contribution in [-0.2, 0) is 0 Å². The molecule has 78 valence electrons. The Balaban J connectivity index is 1.95. The molecule has 3 aliphatic rings. The lowest BCUT2D eigenvalue weighted by Gasteiger charge is -2.09. The van der Waals surface area contributed by atoms with Crippen LogP contribution in [0.15, 0.2) is 31.0 Å². The zero-order valence-corrected chi connectivity index (χ0v) is 9.29. The van der Waals surface area contributed by atoms with Crippen molar-refractivity contribution >= 4 is 12.2 Å². The molecule has 1 aromatic carbocycles. The van der Waals surface area contributed by atoms with Crippen LogP contribution in [0.25, 0.3) is 12.2 Å². The summed E-state index contributed by atoms with van der Waals surface area (Å²) in [5, 5.41) is 0. The Labute approximate surface area is 96.0 Å². The van der Waals surface area contributed by atoms with Gasteiger partial charge in [0.05, 0.1) is 0 Å². The monoisotopic (exact) mass is 206 g/mol. The fraction of sp³-hybridized carbons (Fsp3) is 0.312. The first kappa shape index (κ1) is 8.61. The Bertz CT molecular complexity index is 572. The lowest BCUT2D eigenvalue weighted by atomic mass is 9.95. The van der Waals surface area contributed by atoms with Gasteiger partial charge in [-0.25, -0.2) is 0 Å². The molecule has 0 heterocycles. The highest BCUT2D eigenvalue weighted by Crippen LogP contribution is 2.87. The molecule has 3 unspecified atom stereocenters. The molecule has 2 saturated carbocycles. The summed E-state index contributed by atoms with van der Waals surface area (Å²) < 4.78 is 0. The van der Waals surface area contributed by atoms with Crippen molar-refractivity contribution in [3.8, 4) is 0 Å². The molecule has 2 fully saturated rings. The van der Waals surface area contributed by atoms with Gasteiger partial charge in [-0.1, -0.05) is 25.3 Å². The minimum Gasteiger partial charge on any atom is -0.128 e. The van der Waals surface area contributed by atoms with Crippen molar-refractivity contribution in [2.75, 3.05) is 0 Å². The fourth-order valence-electron chi connectivity index (χ4n) is 3.78. The van der Waals surface area contributed by atoms with E-state index >= 15 is 0 Å². The van der Waals surface area contributed by atoms with Gasteiger partial charge in [0, 0.05) is 0 Å².